The summed E-state index contributed by atoms with van der Waals surface area (Å²) in [6, 6.07) is 3.63. The van der Waals surface area contributed by atoms with Crippen molar-refractivity contribution in [1.29, 1.82) is 0 Å². The van der Waals surface area contributed by atoms with Crippen LogP contribution in [0.4, 0.5) is 0 Å². The van der Waals surface area contributed by atoms with Gasteiger partial charge in [-0.25, -0.2) is 0 Å². The zero-order chi connectivity index (χ0) is 17.5. The van der Waals surface area contributed by atoms with Crippen molar-refractivity contribution >= 4 is 23.3 Å². The van der Waals surface area contributed by atoms with Crippen LogP contribution in [-0.4, -0.2) is 49.1 Å². The van der Waals surface area contributed by atoms with Gasteiger partial charge in [-0.2, -0.15) is 0 Å². The molecular weight excluding hydrogens is 328 g/mol. The van der Waals surface area contributed by atoms with Crippen molar-refractivity contribution < 1.29 is 14.3 Å². The number of carbonyl (C=O) groups is 2. The average molecular weight is 351 g/mol. The predicted octanol–water partition coefficient (Wildman–Crippen LogP) is 2.18. The topological polar surface area (TPSA) is 58.6 Å². The van der Waals surface area contributed by atoms with Gasteiger partial charge in [0.15, 0.2) is 5.78 Å². The van der Waals surface area contributed by atoms with Crippen LogP contribution < -0.4 is 5.32 Å². The van der Waals surface area contributed by atoms with Crippen LogP contribution in [0.15, 0.2) is 12.1 Å². The largest absolute Gasteiger partial charge is 0.369 e. The van der Waals surface area contributed by atoms with E-state index in [1.807, 2.05) is 26.0 Å². The van der Waals surface area contributed by atoms with Gasteiger partial charge in [0.25, 0.3) is 0 Å². The Hall–Kier alpha value is -1.43. The van der Waals surface area contributed by atoms with Gasteiger partial charge in [-0.1, -0.05) is 11.6 Å². The molecule has 0 bridgehead atoms. The highest BCUT2D eigenvalue weighted by molar-refractivity contribution is 6.30. The van der Waals surface area contributed by atoms with Crippen LogP contribution in [0.25, 0.3) is 0 Å². The molecule has 2 aliphatic heterocycles. The number of nitrogens with zero attached hydrogens (tertiary/aromatic N) is 1. The van der Waals surface area contributed by atoms with Gasteiger partial charge in [0.05, 0.1) is 6.73 Å². The van der Waals surface area contributed by atoms with Gasteiger partial charge in [-0.05, 0) is 55.5 Å². The summed E-state index contributed by atoms with van der Waals surface area (Å²) in [5.74, 6) is -0.914. The van der Waals surface area contributed by atoms with Crippen LogP contribution in [0.2, 0.25) is 5.02 Å². The fourth-order valence-electron chi connectivity index (χ4n) is 4.02. The Kier molecular flexibility index (Phi) is 4.69. The molecule has 130 valence electrons. The van der Waals surface area contributed by atoms with E-state index in [0.29, 0.717) is 24.6 Å². The molecule has 1 atom stereocenters. The number of Topliss-reactive ketones (excluding diaryl/α,β-unsaturated/α-hetero) is 1. The minimum Gasteiger partial charge on any atom is -0.369 e. The Morgan fingerprint density at radius 1 is 1.25 bits per heavy atom. The van der Waals surface area contributed by atoms with E-state index in [2.05, 4.69) is 10.2 Å². The summed E-state index contributed by atoms with van der Waals surface area (Å²) in [5.41, 5.74) is 1.85. The van der Waals surface area contributed by atoms with Crippen LogP contribution in [-0.2, 0) is 14.3 Å². The number of methoxy groups -OCH3 is 1. The van der Waals surface area contributed by atoms with Gasteiger partial charge in [-0.3, -0.25) is 14.5 Å². The molecule has 2 saturated heterocycles. The highest BCUT2D eigenvalue weighted by Crippen LogP contribution is 2.39. The number of halogens is 1. The third-order valence-electron chi connectivity index (χ3n) is 5.23. The zero-order valence-electron chi connectivity index (χ0n) is 14.3. The number of ether oxygens (including phenoxy) is 1. The van der Waals surface area contributed by atoms with E-state index < -0.39 is 11.5 Å². The molecule has 5 nitrogen and oxygen atoms in total. The fraction of sp³-hybridized carbons (Fsp3) is 0.556. The summed E-state index contributed by atoms with van der Waals surface area (Å²) < 4.78 is 5.15. The molecule has 2 heterocycles. The molecule has 2 aliphatic rings. The smallest absolute Gasteiger partial charge is 0.235 e. The molecule has 0 aliphatic carbocycles. The van der Waals surface area contributed by atoms with E-state index in [1.54, 1.807) is 7.11 Å². The van der Waals surface area contributed by atoms with Crippen molar-refractivity contribution in [1.82, 2.24) is 10.2 Å². The summed E-state index contributed by atoms with van der Waals surface area (Å²) in [4.78, 5) is 28.0. The standard InChI is InChI=1S/C18H23ClN2O3/c1-11-8-13(19)9-12(2)14(11)15-16(22)18(20-17(15)23)4-6-21(7-5-18)10-24-3/h8-9,15H,4-7,10H2,1-3H3,(H,20,23). The Morgan fingerprint density at radius 2 is 1.83 bits per heavy atom. The average Bonchev–Trinajstić information content (AvgIpc) is 2.74. The van der Waals surface area contributed by atoms with E-state index in [9.17, 15) is 9.59 Å². The van der Waals surface area contributed by atoms with Gasteiger partial charge < -0.3 is 10.1 Å². The first-order chi connectivity index (χ1) is 11.4. The van der Waals surface area contributed by atoms with Crippen molar-refractivity contribution in [3.05, 3.63) is 33.8 Å². The maximum absolute atomic E-state index is 13.2. The van der Waals surface area contributed by atoms with Gasteiger partial charge in [-0.15, -0.1) is 0 Å². The van der Waals surface area contributed by atoms with Crippen LogP contribution >= 0.6 is 11.6 Å². The quantitative estimate of drug-likeness (QED) is 0.849. The molecular formula is C18H23ClN2O3. The second-order valence-corrected chi connectivity index (χ2v) is 7.29. The maximum atomic E-state index is 13.2. The van der Waals surface area contributed by atoms with E-state index in [4.69, 9.17) is 16.3 Å². The lowest BCUT2D eigenvalue weighted by molar-refractivity contribution is -0.126. The molecule has 1 amide bonds. The Bertz CT molecular complexity index is 658. The third kappa shape index (κ3) is 2.85. The lowest BCUT2D eigenvalue weighted by atomic mass is 9.79. The van der Waals surface area contributed by atoms with E-state index >= 15 is 0 Å². The summed E-state index contributed by atoms with van der Waals surface area (Å²) >= 11 is 6.09. The molecule has 3 rings (SSSR count). The Morgan fingerprint density at radius 3 is 2.38 bits per heavy atom. The maximum Gasteiger partial charge on any atom is 0.235 e. The highest BCUT2D eigenvalue weighted by atomic mass is 35.5. The van der Waals surface area contributed by atoms with Gasteiger partial charge in [0.1, 0.15) is 11.5 Å². The second kappa shape index (κ2) is 6.47. The molecule has 0 aromatic heterocycles. The first-order valence-corrected chi connectivity index (χ1v) is 8.60. The summed E-state index contributed by atoms with van der Waals surface area (Å²) in [7, 11) is 1.66. The number of carbonyl (C=O) groups excluding carboxylic acids is 2. The summed E-state index contributed by atoms with van der Waals surface area (Å²) in [6.45, 7) is 5.84. The SMILES string of the molecule is COCN1CCC2(CC1)NC(=O)C(c1c(C)cc(Cl)cc1C)C2=O. The molecule has 1 aromatic rings. The lowest BCUT2D eigenvalue weighted by Gasteiger charge is -2.37. The molecule has 1 aromatic carbocycles. The molecule has 2 fully saturated rings. The van der Waals surface area contributed by atoms with E-state index in [1.165, 1.54) is 0 Å². The zero-order valence-corrected chi connectivity index (χ0v) is 15.1. The molecule has 0 radical (unpaired) electrons. The summed E-state index contributed by atoms with van der Waals surface area (Å²) in [6.07, 6.45) is 1.26. The number of likely N-dealkylation sites (tertiary alicyclic amines) is 1. The lowest BCUT2D eigenvalue weighted by Crippen LogP contribution is -2.54. The number of hydrogen-bond donors (Lipinski definition) is 1. The fourth-order valence-corrected chi connectivity index (χ4v) is 4.35. The first kappa shape index (κ1) is 17.4. The number of aryl methyl sites for hydroxylation is 2. The third-order valence-corrected chi connectivity index (χ3v) is 5.45. The van der Waals surface area contributed by atoms with E-state index in [0.717, 1.165) is 29.8 Å². The van der Waals surface area contributed by atoms with Crippen LogP contribution in [0.5, 0.6) is 0 Å². The van der Waals surface area contributed by atoms with Crippen molar-refractivity contribution in [3.63, 3.8) is 0 Å². The Labute approximate surface area is 147 Å². The number of piperidine rings is 1. The van der Waals surface area contributed by atoms with E-state index in [-0.39, 0.29) is 11.7 Å². The van der Waals surface area contributed by atoms with Crippen LogP contribution in [0, 0.1) is 13.8 Å². The number of benzene rings is 1. The predicted molar refractivity (Wildman–Crippen MR) is 92.2 cm³/mol. The van der Waals surface area contributed by atoms with Crippen LogP contribution in [0.3, 0.4) is 0 Å². The second-order valence-electron chi connectivity index (χ2n) is 6.86. The first-order valence-electron chi connectivity index (χ1n) is 8.22. The van der Waals surface area contributed by atoms with Crippen LogP contribution in [0.1, 0.15) is 35.4 Å². The highest BCUT2D eigenvalue weighted by Gasteiger charge is 2.54. The molecule has 24 heavy (non-hydrogen) atoms. The minimum absolute atomic E-state index is 0.00177. The minimum atomic E-state index is -0.732. The molecule has 6 heteroatoms. The summed E-state index contributed by atoms with van der Waals surface area (Å²) in [5, 5.41) is 3.64. The number of nitrogens with one attached hydrogen (secondary N) is 1. The van der Waals surface area contributed by atoms with Gasteiger partial charge in [0.2, 0.25) is 5.91 Å². The number of ketones is 1. The van der Waals surface area contributed by atoms with Gasteiger partial charge >= 0.3 is 0 Å². The van der Waals surface area contributed by atoms with Gasteiger partial charge in [0, 0.05) is 25.2 Å². The molecule has 1 spiro atoms. The molecule has 1 N–H and O–H groups in total. The number of rotatable bonds is 3. The molecule has 0 saturated carbocycles. The van der Waals surface area contributed by atoms with Crippen molar-refractivity contribution in [2.24, 2.45) is 0 Å². The normalized spacial score (nSPS) is 23.8. The van der Waals surface area contributed by atoms with Crippen molar-refractivity contribution in [2.45, 2.75) is 38.1 Å². The Balaban J connectivity index is 1.88. The van der Waals surface area contributed by atoms with Crippen molar-refractivity contribution in [3.8, 4) is 0 Å². The molecule has 1 unspecified atom stereocenters. The monoisotopic (exact) mass is 350 g/mol. The number of hydrogen-bond acceptors (Lipinski definition) is 4. The van der Waals surface area contributed by atoms with Crippen molar-refractivity contribution in [2.75, 3.05) is 26.9 Å². The number of amides is 1.